The first-order valence-corrected chi connectivity index (χ1v) is 4.93. The Kier molecular flexibility index (Phi) is 2.15. The van der Waals surface area contributed by atoms with Gasteiger partial charge in [-0.15, -0.1) is 0 Å². The molecule has 1 aromatic carbocycles. The van der Waals surface area contributed by atoms with Gasteiger partial charge in [-0.05, 0) is 17.7 Å². The second-order valence-electron chi connectivity index (χ2n) is 4.51. The Morgan fingerprint density at radius 3 is 2.73 bits per heavy atom. The lowest BCUT2D eigenvalue weighted by atomic mass is 9.79. The first kappa shape index (κ1) is 10.3. The number of ketones is 1. The highest BCUT2D eigenvalue weighted by atomic mass is 19.1. The molecule has 80 valence electrons. The molecule has 1 aliphatic carbocycles. The van der Waals surface area contributed by atoms with Crippen LogP contribution in [0.1, 0.15) is 29.8 Å². The van der Waals surface area contributed by atoms with Crippen molar-refractivity contribution in [2.75, 3.05) is 6.61 Å². The zero-order chi connectivity index (χ0) is 11.2. The van der Waals surface area contributed by atoms with Gasteiger partial charge in [-0.3, -0.25) is 4.79 Å². The van der Waals surface area contributed by atoms with Crippen molar-refractivity contribution < 1.29 is 14.3 Å². The summed E-state index contributed by atoms with van der Waals surface area (Å²) in [5.74, 6) is -1.01. The fraction of sp³-hybridized carbons (Fsp3) is 0.417. The van der Waals surface area contributed by atoms with Gasteiger partial charge in [0.2, 0.25) is 0 Å². The van der Waals surface area contributed by atoms with E-state index in [1.807, 2.05) is 13.8 Å². The normalized spacial score (nSPS) is 22.9. The third-order valence-electron chi connectivity index (χ3n) is 3.31. The molecule has 2 nitrogen and oxygen atoms in total. The third-order valence-corrected chi connectivity index (χ3v) is 3.31. The minimum absolute atomic E-state index is 0.156. The summed E-state index contributed by atoms with van der Waals surface area (Å²) >= 11 is 0. The smallest absolute Gasteiger partial charge is 0.169 e. The summed E-state index contributed by atoms with van der Waals surface area (Å²) in [6.45, 7) is 3.60. The van der Waals surface area contributed by atoms with E-state index < -0.39 is 17.2 Å². The van der Waals surface area contributed by atoms with E-state index in [1.165, 1.54) is 12.1 Å². The van der Waals surface area contributed by atoms with Crippen LogP contribution in [0, 0.1) is 11.7 Å². The second kappa shape index (κ2) is 3.14. The quantitative estimate of drug-likeness (QED) is 0.765. The van der Waals surface area contributed by atoms with Crippen LogP contribution in [0.5, 0.6) is 0 Å². The van der Waals surface area contributed by atoms with Gasteiger partial charge in [-0.2, -0.15) is 0 Å². The van der Waals surface area contributed by atoms with E-state index in [-0.39, 0.29) is 12.4 Å². The molecule has 0 aliphatic heterocycles. The van der Waals surface area contributed by atoms with Crippen LogP contribution < -0.4 is 0 Å². The number of Topliss-reactive ketones (excluding diaryl/α,β-unsaturated/α-hetero) is 1. The summed E-state index contributed by atoms with van der Waals surface area (Å²) in [5, 5.41) is 9.20. The highest BCUT2D eigenvalue weighted by Gasteiger charge is 2.45. The van der Waals surface area contributed by atoms with E-state index in [2.05, 4.69) is 0 Å². The van der Waals surface area contributed by atoms with Crippen LogP contribution in [0.15, 0.2) is 18.2 Å². The molecule has 0 amide bonds. The molecular weight excluding hydrogens is 195 g/mol. The molecule has 15 heavy (non-hydrogen) atoms. The van der Waals surface area contributed by atoms with Gasteiger partial charge in [0.15, 0.2) is 5.78 Å². The minimum Gasteiger partial charge on any atom is -0.396 e. The van der Waals surface area contributed by atoms with E-state index in [0.717, 1.165) is 5.56 Å². The van der Waals surface area contributed by atoms with Gasteiger partial charge in [0, 0.05) is 11.0 Å². The van der Waals surface area contributed by atoms with Crippen molar-refractivity contribution in [3.8, 4) is 0 Å². The molecule has 0 aromatic heterocycles. The number of hydrogen-bond acceptors (Lipinski definition) is 2. The van der Waals surface area contributed by atoms with Crippen molar-refractivity contribution in [3.63, 3.8) is 0 Å². The molecule has 1 atom stereocenters. The number of halogens is 1. The largest absolute Gasteiger partial charge is 0.396 e. The van der Waals surface area contributed by atoms with Crippen LogP contribution >= 0.6 is 0 Å². The minimum atomic E-state index is -0.450. The van der Waals surface area contributed by atoms with E-state index in [4.69, 9.17) is 0 Å². The van der Waals surface area contributed by atoms with Crippen molar-refractivity contribution in [2.24, 2.45) is 5.92 Å². The molecule has 1 unspecified atom stereocenters. The lowest BCUT2D eigenvalue weighted by molar-refractivity contribution is 0.0815. The molecular formula is C12H13FO2. The molecule has 0 fully saturated rings. The molecule has 2 rings (SSSR count). The Morgan fingerprint density at radius 2 is 2.13 bits per heavy atom. The zero-order valence-electron chi connectivity index (χ0n) is 8.75. The molecule has 0 radical (unpaired) electrons. The molecule has 3 heteroatoms. The molecule has 0 heterocycles. The average molecular weight is 208 g/mol. The van der Waals surface area contributed by atoms with Crippen LogP contribution in [0.2, 0.25) is 0 Å². The molecule has 1 aromatic rings. The van der Waals surface area contributed by atoms with Gasteiger partial charge in [-0.1, -0.05) is 19.9 Å². The molecule has 1 aliphatic rings. The van der Waals surface area contributed by atoms with Gasteiger partial charge in [0.25, 0.3) is 0 Å². The average Bonchev–Trinajstić information content (AvgIpc) is 2.34. The number of aliphatic hydroxyl groups is 1. The molecule has 0 saturated carbocycles. The summed E-state index contributed by atoms with van der Waals surface area (Å²) in [7, 11) is 0. The number of carbonyl (C=O) groups excluding carboxylic acids is 1. The first-order chi connectivity index (χ1) is 6.98. The van der Waals surface area contributed by atoms with E-state index in [1.54, 1.807) is 6.07 Å². The highest BCUT2D eigenvalue weighted by Crippen LogP contribution is 2.42. The predicted molar refractivity (Wildman–Crippen MR) is 54.3 cm³/mol. The zero-order valence-corrected chi connectivity index (χ0v) is 8.75. The summed E-state index contributed by atoms with van der Waals surface area (Å²) in [6.07, 6.45) is 0. The van der Waals surface area contributed by atoms with E-state index >= 15 is 0 Å². The summed E-state index contributed by atoms with van der Waals surface area (Å²) < 4.78 is 13.0. The Labute approximate surface area is 87.7 Å². The van der Waals surface area contributed by atoms with Gasteiger partial charge < -0.3 is 5.11 Å². The SMILES string of the molecule is CC1(C)c2ccc(F)cc2C(=O)C1CO. The Hall–Kier alpha value is -1.22. The fourth-order valence-corrected chi connectivity index (χ4v) is 2.30. The van der Waals surface area contributed by atoms with Crippen LogP contribution in [0.3, 0.4) is 0 Å². The predicted octanol–water partition coefficient (Wildman–Crippen LogP) is 1.91. The topological polar surface area (TPSA) is 37.3 Å². The van der Waals surface area contributed by atoms with Gasteiger partial charge in [0.1, 0.15) is 5.82 Å². The van der Waals surface area contributed by atoms with Gasteiger partial charge in [-0.25, -0.2) is 4.39 Å². The van der Waals surface area contributed by atoms with Gasteiger partial charge >= 0.3 is 0 Å². The molecule has 1 N–H and O–H groups in total. The van der Waals surface area contributed by atoms with E-state index in [9.17, 15) is 14.3 Å². The Balaban J connectivity index is 2.62. The standard InChI is InChI=1S/C12H13FO2/c1-12(2)9-4-3-7(13)5-8(9)11(15)10(12)6-14/h3-5,10,14H,6H2,1-2H3. The lowest BCUT2D eigenvalue weighted by Gasteiger charge is -2.25. The maximum absolute atomic E-state index is 13.0. The second-order valence-corrected chi connectivity index (χ2v) is 4.51. The molecule has 0 spiro atoms. The number of aliphatic hydroxyl groups excluding tert-OH is 1. The summed E-state index contributed by atoms with van der Waals surface area (Å²) in [4.78, 5) is 11.9. The number of carbonyl (C=O) groups is 1. The third kappa shape index (κ3) is 1.30. The van der Waals surface area contributed by atoms with E-state index in [0.29, 0.717) is 5.56 Å². The first-order valence-electron chi connectivity index (χ1n) is 4.93. The van der Waals surface area contributed by atoms with Crippen molar-refractivity contribution in [3.05, 3.63) is 35.1 Å². The summed E-state index contributed by atoms with van der Waals surface area (Å²) in [6, 6.07) is 4.25. The Bertz CT molecular complexity index is 424. The maximum Gasteiger partial charge on any atom is 0.169 e. The number of rotatable bonds is 1. The number of fused-ring (bicyclic) bond motifs is 1. The number of hydrogen-bond donors (Lipinski definition) is 1. The van der Waals surface area contributed by atoms with Gasteiger partial charge in [0.05, 0.1) is 12.5 Å². The van der Waals surface area contributed by atoms with Crippen LogP contribution in [-0.4, -0.2) is 17.5 Å². The van der Waals surface area contributed by atoms with Crippen LogP contribution in [0.4, 0.5) is 4.39 Å². The van der Waals surface area contributed by atoms with Crippen molar-refractivity contribution >= 4 is 5.78 Å². The highest BCUT2D eigenvalue weighted by molar-refractivity contribution is 6.04. The maximum atomic E-state index is 13.0. The van der Waals surface area contributed by atoms with Crippen molar-refractivity contribution in [1.29, 1.82) is 0 Å². The fourth-order valence-electron chi connectivity index (χ4n) is 2.30. The lowest BCUT2D eigenvalue weighted by Crippen LogP contribution is -2.29. The monoisotopic (exact) mass is 208 g/mol. The van der Waals surface area contributed by atoms with Crippen LogP contribution in [0.25, 0.3) is 0 Å². The van der Waals surface area contributed by atoms with Crippen molar-refractivity contribution in [2.45, 2.75) is 19.3 Å². The summed E-state index contributed by atoms with van der Waals surface area (Å²) in [5.41, 5.74) is 0.835. The van der Waals surface area contributed by atoms with Crippen molar-refractivity contribution in [1.82, 2.24) is 0 Å². The number of benzene rings is 1. The van der Waals surface area contributed by atoms with Crippen LogP contribution in [-0.2, 0) is 5.41 Å². The Morgan fingerprint density at radius 1 is 1.47 bits per heavy atom. The molecule has 0 saturated heterocycles. The molecule has 0 bridgehead atoms.